The first kappa shape index (κ1) is 26.7. The first-order valence-corrected chi connectivity index (χ1v) is 10.7. The van der Waals surface area contributed by atoms with Crippen LogP contribution in [0.4, 0.5) is 28.6 Å². The molecule has 4 rings (SSSR count). The van der Waals surface area contributed by atoms with Crippen LogP contribution < -0.4 is 4.72 Å². The average molecular weight is 493 g/mol. The molecule has 0 atom stereocenters. The molecule has 0 bridgehead atoms. The monoisotopic (exact) mass is 493 g/mol. The summed E-state index contributed by atoms with van der Waals surface area (Å²) in [7, 11) is -3.23. The molecule has 0 spiro atoms. The number of carbonyl (C=O) groups excluding carboxylic acids is 1. The molecule has 0 fully saturated rings. The maximum Gasteiger partial charge on any atom is 0.264 e. The van der Waals surface area contributed by atoms with Gasteiger partial charge in [0.1, 0.15) is 0 Å². The van der Waals surface area contributed by atoms with Crippen LogP contribution in [-0.4, -0.2) is 31.3 Å². The van der Waals surface area contributed by atoms with Crippen molar-refractivity contribution in [1.82, 2.24) is 9.97 Å². The van der Waals surface area contributed by atoms with Crippen LogP contribution in [0.5, 0.6) is 0 Å². The Hall–Kier alpha value is -3.32. The molecule has 172 valence electrons. The first-order valence-electron chi connectivity index (χ1n) is 8.35. The third-order valence-corrected chi connectivity index (χ3v) is 6.00. The molecule has 0 aliphatic carbocycles. The lowest BCUT2D eigenvalue weighted by atomic mass is 10.1. The Kier molecular flexibility index (Phi) is 11.0. The number of sulfonamides is 1. The molecule has 0 aliphatic heterocycles. The molecule has 4 aromatic rings. The number of ketones is 1. The van der Waals surface area contributed by atoms with E-state index in [-0.39, 0.29) is 16.6 Å². The van der Waals surface area contributed by atoms with E-state index in [0.717, 1.165) is 0 Å². The number of nitrogens with zero attached hydrogens (tertiary/aromatic N) is 1. The van der Waals surface area contributed by atoms with E-state index in [9.17, 15) is 17.6 Å². The van der Waals surface area contributed by atoms with Crippen molar-refractivity contribution in [2.75, 3.05) is 11.9 Å². The Labute approximate surface area is 183 Å². The van der Waals surface area contributed by atoms with Gasteiger partial charge in [-0.15, -0.1) is 11.3 Å². The first-order chi connectivity index (χ1) is 15.5. The fraction of sp³-hybridized carbons (Fsp3) is 0.0526. The van der Waals surface area contributed by atoms with Gasteiger partial charge >= 0.3 is 0 Å². The molecule has 0 aliphatic rings. The molecule has 0 saturated heterocycles. The van der Waals surface area contributed by atoms with Crippen LogP contribution in [0.3, 0.4) is 0 Å². The largest absolute Gasteiger partial charge is 0.323 e. The van der Waals surface area contributed by atoms with Crippen molar-refractivity contribution in [2.24, 2.45) is 0 Å². The zero-order valence-electron chi connectivity index (χ0n) is 16.2. The van der Waals surface area contributed by atoms with E-state index in [0.29, 0.717) is 28.7 Å². The van der Waals surface area contributed by atoms with Gasteiger partial charge in [0.15, 0.2) is 0 Å². The second-order valence-electron chi connectivity index (χ2n) is 5.54. The summed E-state index contributed by atoms with van der Waals surface area (Å²) in [6, 6.07) is 16.7. The number of carbonyl (C=O) groups is 1. The Balaban J connectivity index is 0.000000789. The van der Waals surface area contributed by atoms with Crippen molar-refractivity contribution in [3.63, 3.8) is 0 Å². The number of nitrogens with one attached hydrogen (secondary N) is 2. The van der Waals surface area contributed by atoms with E-state index in [4.69, 9.17) is 18.3 Å². The molecule has 0 amide bonds. The highest BCUT2D eigenvalue weighted by Crippen LogP contribution is 2.21. The zero-order valence-corrected chi connectivity index (χ0v) is 17.9. The van der Waals surface area contributed by atoms with Crippen LogP contribution in [0.2, 0.25) is 0 Å². The van der Waals surface area contributed by atoms with Crippen molar-refractivity contribution in [3.05, 3.63) is 76.5 Å². The number of aromatic amines is 1. The zero-order chi connectivity index (χ0) is 24.1. The number of halogens is 5. The highest BCUT2D eigenvalue weighted by atomic mass is 32.2. The number of aromatic nitrogens is 2. The maximum atomic E-state index is 12.4. The number of hydrogen-bond acceptors (Lipinski definition) is 5. The minimum atomic E-state index is -3.73. The number of fused-ring (bicyclic) bond motifs is 1. The molecule has 13 heteroatoms. The minimum absolute atomic E-state index is 0.0806. The third kappa shape index (κ3) is 6.59. The number of anilines is 1. The number of rotatable bonds is 5. The Morgan fingerprint density at radius 1 is 0.969 bits per heavy atom. The van der Waals surface area contributed by atoms with E-state index in [2.05, 4.69) is 14.7 Å². The van der Waals surface area contributed by atoms with Gasteiger partial charge < -0.3 is 4.98 Å². The summed E-state index contributed by atoms with van der Waals surface area (Å²) in [6.07, 6.45) is 0. The van der Waals surface area contributed by atoms with E-state index < -0.39 is 10.0 Å². The van der Waals surface area contributed by atoms with Gasteiger partial charge in [0.25, 0.3) is 10.0 Å². The van der Waals surface area contributed by atoms with Gasteiger partial charge in [-0.05, 0) is 41.8 Å². The second-order valence-corrected chi connectivity index (χ2v) is 8.17. The van der Waals surface area contributed by atoms with Gasteiger partial charge in [-0.2, -0.15) is 0 Å². The quantitative estimate of drug-likeness (QED) is 0.267. The fourth-order valence-electron chi connectivity index (χ4n) is 2.54. The SMILES string of the molecule is CF.FF.FF.O=C(c1ccc2nc(NS(=O)(=O)c3ccccc3)[nH]c2c1)c1cccs1. The van der Waals surface area contributed by atoms with Gasteiger partial charge in [0, 0.05) is 23.9 Å². The molecule has 0 saturated carbocycles. The smallest absolute Gasteiger partial charge is 0.264 e. The summed E-state index contributed by atoms with van der Waals surface area (Å²) in [6.45, 7) is 0. The van der Waals surface area contributed by atoms with Crippen LogP contribution in [0.25, 0.3) is 11.0 Å². The summed E-state index contributed by atoms with van der Waals surface area (Å²) < 4.78 is 68.7. The lowest BCUT2D eigenvalue weighted by molar-refractivity contribution is 0.104. The van der Waals surface area contributed by atoms with Gasteiger partial charge in [-0.1, -0.05) is 24.3 Å². The molecule has 2 aromatic heterocycles. The molecular weight excluding hydrogens is 477 g/mol. The summed E-state index contributed by atoms with van der Waals surface area (Å²) in [5.74, 6) is 0.0208. The molecule has 32 heavy (non-hydrogen) atoms. The van der Waals surface area contributed by atoms with Crippen molar-refractivity contribution in [3.8, 4) is 0 Å². The Morgan fingerprint density at radius 2 is 1.62 bits per heavy atom. The van der Waals surface area contributed by atoms with Gasteiger partial charge in [0.2, 0.25) is 11.7 Å². The summed E-state index contributed by atoms with van der Waals surface area (Å²) >= 11 is 1.37. The van der Waals surface area contributed by atoms with E-state index in [1.54, 1.807) is 42.5 Å². The molecule has 0 radical (unpaired) electrons. The van der Waals surface area contributed by atoms with Gasteiger partial charge in [-0.25, -0.2) is 18.1 Å². The predicted molar refractivity (Wildman–Crippen MR) is 113 cm³/mol. The lowest BCUT2D eigenvalue weighted by Gasteiger charge is -2.04. The normalized spacial score (nSPS) is 9.94. The van der Waals surface area contributed by atoms with Crippen LogP contribution in [0.15, 0.2) is 70.9 Å². The summed E-state index contributed by atoms with van der Waals surface area (Å²) in [5.41, 5.74) is 1.66. The number of H-pyrrole nitrogens is 1. The highest BCUT2D eigenvalue weighted by Gasteiger charge is 2.17. The lowest BCUT2D eigenvalue weighted by Crippen LogP contribution is -2.13. The molecule has 2 heterocycles. The number of benzene rings is 2. The molecule has 2 aromatic carbocycles. The topological polar surface area (TPSA) is 91.9 Å². The van der Waals surface area contributed by atoms with Crippen LogP contribution in [0.1, 0.15) is 15.2 Å². The van der Waals surface area contributed by atoms with E-state index in [1.165, 1.54) is 23.5 Å². The van der Waals surface area contributed by atoms with Crippen molar-refractivity contribution in [1.29, 1.82) is 0 Å². The van der Waals surface area contributed by atoms with Crippen LogP contribution in [0, 0.1) is 0 Å². The van der Waals surface area contributed by atoms with E-state index >= 15 is 0 Å². The highest BCUT2D eigenvalue weighted by molar-refractivity contribution is 7.92. The third-order valence-electron chi connectivity index (χ3n) is 3.77. The maximum absolute atomic E-state index is 12.4. The van der Waals surface area contributed by atoms with Gasteiger partial charge in [-0.3, -0.25) is 9.18 Å². The van der Waals surface area contributed by atoms with Crippen molar-refractivity contribution >= 4 is 44.1 Å². The average Bonchev–Trinajstić information content (AvgIpc) is 3.52. The van der Waals surface area contributed by atoms with Crippen molar-refractivity contribution < 1.29 is 35.9 Å². The summed E-state index contributed by atoms with van der Waals surface area (Å²) in [4.78, 5) is 20.4. The number of hydrogen-bond donors (Lipinski definition) is 2. The predicted octanol–water partition coefficient (Wildman–Crippen LogP) is 5.92. The molecule has 2 N–H and O–H groups in total. The second kappa shape index (κ2) is 13.2. The Morgan fingerprint density at radius 3 is 2.22 bits per heavy atom. The number of thiophene rings is 1. The van der Waals surface area contributed by atoms with Crippen molar-refractivity contribution in [2.45, 2.75) is 4.90 Å². The minimum Gasteiger partial charge on any atom is -0.323 e. The summed E-state index contributed by atoms with van der Waals surface area (Å²) in [5, 5.41) is 1.85. The fourth-order valence-corrected chi connectivity index (χ4v) is 4.21. The molecular formula is C19H16F5N3O3S2. The molecule has 0 unspecified atom stereocenters. The Bertz CT molecular complexity index is 1200. The number of imidazole rings is 1. The standard InChI is InChI=1S/C18H13N3O3S2.CH3F.2F2/c22-17(16-7-4-10-25-16)12-8-9-14-15(11-12)20-18(19-14)21-26(23,24)13-5-2-1-3-6-13;3*1-2/h1-11H,(H2,19,20,21);1H3;;. The number of alkyl halides is 1. The van der Waals surface area contributed by atoms with Crippen LogP contribution >= 0.6 is 11.3 Å². The van der Waals surface area contributed by atoms with E-state index in [1.807, 2.05) is 11.4 Å². The van der Waals surface area contributed by atoms with Crippen LogP contribution in [-0.2, 0) is 10.0 Å². The van der Waals surface area contributed by atoms with Gasteiger partial charge in [0.05, 0.1) is 28.0 Å². The molecule has 6 nitrogen and oxygen atoms in total.